The number of fused-ring (bicyclic) bond motifs is 4. The molecule has 2 aromatic heterocycles. The van der Waals surface area contributed by atoms with Crippen molar-refractivity contribution in [3.05, 3.63) is 166 Å². The van der Waals surface area contributed by atoms with Crippen molar-refractivity contribution >= 4 is 93.6 Å². The second-order valence-electron chi connectivity index (χ2n) is 32.7. The molecule has 8 aliphatic heterocycles. The number of aliphatic carboxylic acids is 1. The van der Waals surface area contributed by atoms with Crippen molar-refractivity contribution in [2.45, 2.75) is 139 Å². The molecule has 6 aromatic rings. The van der Waals surface area contributed by atoms with Crippen LogP contribution in [-0.2, 0) is 83.1 Å². The van der Waals surface area contributed by atoms with Gasteiger partial charge in [0.05, 0.1) is 132 Å². The number of nitrogens with one attached hydrogen (secondary N) is 6. The number of benzene rings is 4. The number of nitrogens with zero attached hydrogens (tertiary/aromatic N) is 10. The van der Waals surface area contributed by atoms with Crippen molar-refractivity contribution in [2.24, 2.45) is 5.73 Å². The number of aliphatic hydroxyl groups excluding tert-OH is 2. The van der Waals surface area contributed by atoms with Gasteiger partial charge in [-0.05, 0) is 98.0 Å². The summed E-state index contributed by atoms with van der Waals surface area (Å²) in [7, 11) is 0. The topological polar surface area (TPSA) is 490 Å². The van der Waals surface area contributed by atoms with Crippen LogP contribution in [0.15, 0.2) is 110 Å². The van der Waals surface area contributed by atoms with E-state index in [-0.39, 0.29) is 97.2 Å². The Morgan fingerprint density at radius 1 is 0.457 bits per heavy atom. The number of amides is 8. The van der Waals surface area contributed by atoms with E-state index >= 15 is 0 Å². The van der Waals surface area contributed by atoms with Crippen LogP contribution in [0.3, 0.4) is 0 Å². The standard InChI is InChI=1S/C46H58N8O10.C23H32N6O2.C22H27N3O9/c55-34(15-19-62-21-23-64-24-22-63-20-16-47-37-9-3-8-36-43(37)46(61)54(45(36)60)39-11-13-42(58)51-44(39)59)7-4-17-52-27-33(28-52)50-41-25-38(48-30-49-41)40(57)12-10-35(56)29-53-18-14-31-5-1-2-6-32(31)26-53;24-8-10-29-13-19(14-29)27-23-11-21(25-16-26-23)22(31)6-5-20(30)15-28-9-7-17-3-1-2-4-18(17)12-28;26-17-5-4-16(20(29)24-17)25-21(30)14-2-1-3-15(19(14)22(25)31)23-7-9-33-11-13-34-12-10-32-8-6-18(27)28/h1-3,5-6,8-9,25,30,33,35,39,47,56H,4,7,10-24,26-29H2,(H,48,49,50)(H,51,58,59);1-4,11,16,19-20,30H,5-10,12-15,24H2,(H,25,26,27);1-3,16,23H,4-13H2,(H,27,28)(H,24,26,29)/t35-,39?;20-;/m00./s1. The lowest BCUT2D eigenvalue weighted by molar-refractivity contribution is -0.139. The summed E-state index contributed by atoms with van der Waals surface area (Å²) in [5.41, 5.74) is 13.4. The zero-order chi connectivity index (χ0) is 91.0. The van der Waals surface area contributed by atoms with Crippen LogP contribution in [0.4, 0.5) is 23.0 Å². The van der Waals surface area contributed by atoms with Gasteiger partial charge in [-0.3, -0.25) is 97.6 Å². The molecule has 4 atom stereocenters. The van der Waals surface area contributed by atoms with E-state index in [2.05, 4.69) is 114 Å². The number of hydrogen-bond donors (Lipinski definition) is 10. The monoisotopic (exact) mass is 1780 g/mol. The molecule has 8 aliphatic rings. The fourth-order valence-corrected chi connectivity index (χ4v) is 16.4. The van der Waals surface area contributed by atoms with Crippen LogP contribution in [0.25, 0.3) is 0 Å². The van der Waals surface area contributed by atoms with Crippen LogP contribution in [0.2, 0.25) is 0 Å². The number of β-amino-alcohol motifs (C(OH)–C–C–N with tert-alkyl or cyclic N) is 2. The Kier molecular flexibility index (Phi) is 37.2. The first-order valence-electron chi connectivity index (χ1n) is 44.3. The van der Waals surface area contributed by atoms with Gasteiger partial charge < -0.3 is 70.7 Å². The van der Waals surface area contributed by atoms with E-state index in [4.69, 9.17) is 39.3 Å². The van der Waals surface area contributed by atoms with Gasteiger partial charge in [0.25, 0.3) is 23.6 Å². The van der Waals surface area contributed by atoms with Crippen LogP contribution in [-0.4, -0.2) is 336 Å². The van der Waals surface area contributed by atoms with Crippen molar-refractivity contribution in [3.63, 3.8) is 0 Å². The highest BCUT2D eigenvalue weighted by Gasteiger charge is 2.48. The molecule has 692 valence electrons. The number of ether oxygens (including phenoxy) is 6. The Morgan fingerprint density at radius 2 is 0.868 bits per heavy atom. The predicted molar refractivity (Wildman–Crippen MR) is 470 cm³/mol. The van der Waals surface area contributed by atoms with Crippen molar-refractivity contribution in [3.8, 4) is 0 Å². The Labute approximate surface area is 747 Å². The van der Waals surface area contributed by atoms with E-state index in [1.807, 2.05) is 6.07 Å². The maximum atomic E-state index is 13.2. The molecule has 129 heavy (non-hydrogen) atoms. The number of carbonyl (C=O) groups is 12. The van der Waals surface area contributed by atoms with Gasteiger partial charge in [0, 0.05) is 154 Å². The molecule has 14 rings (SSSR count). The first-order valence-corrected chi connectivity index (χ1v) is 44.3. The number of rotatable bonds is 50. The van der Waals surface area contributed by atoms with Crippen molar-refractivity contribution < 1.29 is 101 Å². The molecule has 8 amide bonds. The normalized spacial score (nSPS) is 18.1. The highest BCUT2D eigenvalue weighted by atomic mass is 16.5. The summed E-state index contributed by atoms with van der Waals surface area (Å²) in [6.45, 7) is 15.1. The lowest BCUT2D eigenvalue weighted by Gasteiger charge is -2.39. The van der Waals surface area contributed by atoms with E-state index in [9.17, 15) is 67.7 Å². The number of carbonyl (C=O) groups excluding carboxylic acids is 11. The molecule has 38 nitrogen and oxygen atoms in total. The second-order valence-corrected chi connectivity index (χ2v) is 32.7. The number of imide groups is 4. The third-order valence-corrected chi connectivity index (χ3v) is 23.2. The summed E-state index contributed by atoms with van der Waals surface area (Å²) >= 11 is 0. The maximum Gasteiger partial charge on any atom is 0.305 e. The van der Waals surface area contributed by atoms with E-state index in [0.717, 1.165) is 94.5 Å². The highest BCUT2D eigenvalue weighted by Crippen LogP contribution is 2.35. The summed E-state index contributed by atoms with van der Waals surface area (Å²) < 4.78 is 32.6. The van der Waals surface area contributed by atoms with E-state index in [1.165, 1.54) is 41.0 Å². The second kappa shape index (κ2) is 49.5. The van der Waals surface area contributed by atoms with Crippen LogP contribution in [0.5, 0.6) is 0 Å². The smallest absolute Gasteiger partial charge is 0.305 e. The molecule has 0 spiro atoms. The predicted octanol–water partition coefficient (Wildman–Crippen LogP) is 3.19. The van der Waals surface area contributed by atoms with Gasteiger partial charge in [-0.15, -0.1) is 0 Å². The lowest BCUT2D eigenvalue weighted by atomic mass is 9.99. The molecule has 4 saturated heterocycles. The number of ketones is 3. The maximum absolute atomic E-state index is 13.2. The number of aliphatic hydroxyl groups is 2. The van der Waals surface area contributed by atoms with E-state index in [1.54, 1.807) is 42.5 Å². The van der Waals surface area contributed by atoms with Crippen LogP contribution < -0.4 is 37.6 Å². The Bertz CT molecular complexity index is 4880. The third kappa shape index (κ3) is 28.6. The number of carboxylic acids is 1. The number of anilines is 4. The average Bonchev–Trinajstić information content (AvgIpc) is 1.61. The fourth-order valence-electron chi connectivity index (χ4n) is 16.4. The van der Waals surface area contributed by atoms with Gasteiger partial charge in [0.15, 0.2) is 11.6 Å². The summed E-state index contributed by atoms with van der Waals surface area (Å²) in [4.78, 5) is 176. The zero-order valence-corrected chi connectivity index (χ0v) is 72.6. The number of piperidine rings is 2. The number of Topliss-reactive ketones (excluding diaryl/α,β-unsaturated/α-hetero) is 3. The van der Waals surface area contributed by atoms with E-state index in [0.29, 0.717) is 172 Å². The first kappa shape index (κ1) is 96.8. The summed E-state index contributed by atoms with van der Waals surface area (Å²) in [6.07, 6.45) is 6.84. The zero-order valence-electron chi connectivity index (χ0n) is 72.6. The minimum Gasteiger partial charge on any atom is -0.481 e. The van der Waals surface area contributed by atoms with E-state index < -0.39 is 77.5 Å². The van der Waals surface area contributed by atoms with Gasteiger partial charge in [-0.2, -0.15) is 0 Å². The molecular formula is C91H117N17O21. The Balaban J connectivity index is 0.000000194. The minimum atomic E-state index is -1.02. The van der Waals surface area contributed by atoms with Gasteiger partial charge in [0.2, 0.25) is 23.6 Å². The Morgan fingerprint density at radius 3 is 1.29 bits per heavy atom. The van der Waals surface area contributed by atoms with Crippen LogP contribution in [0.1, 0.15) is 162 Å². The van der Waals surface area contributed by atoms with Gasteiger partial charge in [-0.25, -0.2) is 19.9 Å². The summed E-state index contributed by atoms with van der Waals surface area (Å²) in [6, 6.07) is 28.5. The first-order chi connectivity index (χ1) is 62.6. The Hall–Kier alpha value is -11.2. The fraction of sp³-hybridized carbons (Fsp3) is 0.516. The van der Waals surface area contributed by atoms with Crippen molar-refractivity contribution in [1.82, 2.24) is 60.0 Å². The molecule has 4 aromatic carbocycles. The molecule has 2 unspecified atom stereocenters. The molecule has 10 heterocycles. The van der Waals surface area contributed by atoms with Crippen LogP contribution in [0, 0.1) is 0 Å². The molecule has 4 fully saturated rings. The SMILES string of the molecule is NCCN1CC(Nc2cc(C(=O)CC[C@H](O)CN3CCc4ccccc4C3)ncn2)C1.O=C(CCCN1CC(Nc2cc(C(=O)CC[C@H](O)CN3CCc4ccccc4C3)ncn2)C1)CCOCCOCCOCCNc1cccc2c1C(=O)N(C1CCC(=O)NC1=O)C2=O.O=C(O)CCOCCOCCOCCNc1cccc2c1C(=O)N(C1CCC(=O)NC1=O)C2=O. The molecule has 0 saturated carbocycles. The quantitative estimate of drug-likeness (QED) is 0.0149. The molecule has 0 radical (unpaired) electrons. The van der Waals surface area contributed by atoms with Gasteiger partial charge in [-0.1, -0.05) is 60.7 Å². The summed E-state index contributed by atoms with van der Waals surface area (Å²) in [5, 5.41) is 46.9. The molecular weight excluding hydrogens is 1670 g/mol. The number of hydrogen-bond acceptors (Lipinski definition) is 33. The van der Waals surface area contributed by atoms with Crippen molar-refractivity contribution in [2.75, 3.05) is 186 Å². The molecule has 0 bridgehead atoms. The molecule has 11 N–H and O–H groups in total. The molecule has 38 heteroatoms. The minimum absolute atomic E-state index is 0.0462. The molecule has 0 aliphatic carbocycles. The average molecular weight is 1790 g/mol. The largest absolute Gasteiger partial charge is 0.481 e. The lowest BCUT2D eigenvalue weighted by Crippen LogP contribution is -2.55. The summed E-state index contributed by atoms with van der Waals surface area (Å²) in [5.74, 6) is -4.07. The third-order valence-electron chi connectivity index (χ3n) is 23.2. The van der Waals surface area contributed by atoms with Gasteiger partial charge >= 0.3 is 5.97 Å². The highest BCUT2D eigenvalue weighted by molar-refractivity contribution is 6.26. The van der Waals surface area contributed by atoms with Crippen LogP contribution >= 0.6 is 0 Å². The van der Waals surface area contributed by atoms with Crippen molar-refractivity contribution in [1.29, 1.82) is 0 Å². The number of nitrogens with two attached hydrogens (primary N) is 1. The number of aromatic nitrogens is 4. The van der Waals surface area contributed by atoms with Gasteiger partial charge in [0.1, 0.15) is 53.5 Å². The number of likely N-dealkylation sites (tertiary alicyclic amines) is 2. The number of carboxylic acid groups (broad SMARTS) is 1.